The molecule has 2 heterocycles. The van der Waals surface area contributed by atoms with Gasteiger partial charge in [-0.1, -0.05) is 0 Å². The lowest BCUT2D eigenvalue weighted by Gasteiger charge is -2.03. The fourth-order valence-corrected chi connectivity index (χ4v) is 1.62. The van der Waals surface area contributed by atoms with Gasteiger partial charge in [0.25, 0.3) is 0 Å². The summed E-state index contributed by atoms with van der Waals surface area (Å²) in [6.45, 7) is 2.04. The minimum absolute atomic E-state index is 0.0447. The number of fused-ring (bicyclic) bond motifs is 1. The quantitative estimate of drug-likeness (QED) is 0.452. The van der Waals surface area contributed by atoms with E-state index in [1.165, 1.54) is 0 Å². The van der Waals surface area contributed by atoms with Gasteiger partial charge in [0.2, 0.25) is 0 Å². The number of aliphatic hydroxyl groups is 1. The van der Waals surface area contributed by atoms with Gasteiger partial charge in [0, 0.05) is 18.8 Å². The Bertz CT molecular complexity index is 637. The number of hydrogen-bond acceptors (Lipinski definition) is 5. The Labute approximate surface area is 114 Å². The molecule has 0 fully saturated rings. The van der Waals surface area contributed by atoms with Crippen LogP contribution in [0.5, 0.6) is 0 Å². The first-order valence-corrected chi connectivity index (χ1v) is 6.13. The number of H-pyrrole nitrogens is 1. The minimum atomic E-state index is -0.808. The van der Waals surface area contributed by atoms with Crippen molar-refractivity contribution >= 4 is 28.7 Å². The van der Waals surface area contributed by atoms with Crippen LogP contribution in [-0.4, -0.2) is 45.3 Å². The Morgan fingerprint density at radius 3 is 2.90 bits per heavy atom. The first kappa shape index (κ1) is 13.9. The number of carbonyl (C=O) groups excluding carboxylic acids is 2. The number of nitrogens with one attached hydrogen (secondary N) is 3. The van der Waals surface area contributed by atoms with E-state index in [4.69, 9.17) is 5.11 Å². The molecule has 2 aromatic rings. The van der Waals surface area contributed by atoms with E-state index in [0.717, 1.165) is 5.69 Å². The van der Waals surface area contributed by atoms with Crippen molar-refractivity contribution in [3.05, 3.63) is 17.8 Å². The molecule has 20 heavy (non-hydrogen) atoms. The number of amides is 2. The summed E-state index contributed by atoms with van der Waals surface area (Å²) >= 11 is 0. The van der Waals surface area contributed by atoms with Crippen molar-refractivity contribution in [2.75, 3.05) is 18.5 Å². The molecule has 2 amide bonds. The van der Waals surface area contributed by atoms with Gasteiger partial charge in [-0.15, -0.1) is 0 Å². The van der Waals surface area contributed by atoms with E-state index >= 15 is 0 Å². The fraction of sp³-hybridized carbons (Fsp3) is 0.333. The summed E-state index contributed by atoms with van der Waals surface area (Å²) in [4.78, 5) is 27.3. The zero-order valence-electron chi connectivity index (χ0n) is 10.9. The van der Waals surface area contributed by atoms with Crippen LogP contribution in [0, 0.1) is 6.92 Å². The van der Waals surface area contributed by atoms with Crippen LogP contribution in [0.3, 0.4) is 0 Å². The lowest BCUT2D eigenvalue weighted by molar-refractivity contribution is -0.136. The summed E-state index contributed by atoms with van der Waals surface area (Å²) in [5.41, 5.74) is 1.36. The highest BCUT2D eigenvalue weighted by atomic mass is 16.3. The molecule has 0 aliphatic heterocycles. The average molecular weight is 277 g/mol. The number of rotatable bonds is 4. The van der Waals surface area contributed by atoms with E-state index in [1.807, 2.05) is 6.92 Å². The Balaban J connectivity index is 2.04. The molecule has 0 aliphatic carbocycles. The van der Waals surface area contributed by atoms with Crippen LogP contribution in [0.2, 0.25) is 0 Å². The van der Waals surface area contributed by atoms with Gasteiger partial charge in [-0.2, -0.15) is 5.10 Å². The third kappa shape index (κ3) is 3.09. The highest BCUT2D eigenvalue weighted by molar-refractivity contribution is 6.40. The van der Waals surface area contributed by atoms with E-state index in [9.17, 15) is 9.59 Å². The summed E-state index contributed by atoms with van der Waals surface area (Å²) in [7, 11) is 0. The molecule has 0 unspecified atom stereocenters. The second-order valence-corrected chi connectivity index (χ2v) is 4.21. The van der Waals surface area contributed by atoms with Gasteiger partial charge in [-0.25, -0.2) is 4.98 Å². The molecule has 8 heteroatoms. The van der Waals surface area contributed by atoms with E-state index in [0.29, 0.717) is 17.5 Å². The second-order valence-electron chi connectivity index (χ2n) is 4.21. The van der Waals surface area contributed by atoms with Crippen LogP contribution in [0.4, 0.5) is 5.82 Å². The summed E-state index contributed by atoms with van der Waals surface area (Å²) in [5, 5.41) is 20.6. The number of pyridine rings is 1. The van der Waals surface area contributed by atoms with Gasteiger partial charge in [-0.3, -0.25) is 14.7 Å². The van der Waals surface area contributed by atoms with E-state index in [-0.39, 0.29) is 19.0 Å². The number of aliphatic hydroxyl groups excluding tert-OH is 1. The van der Waals surface area contributed by atoms with Gasteiger partial charge in [-0.05, 0) is 25.5 Å². The maximum Gasteiger partial charge on any atom is 0.314 e. The molecule has 0 aliphatic rings. The molecule has 0 aromatic carbocycles. The van der Waals surface area contributed by atoms with Crippen LogP contribution in [-0.2, 0) is 9.59 Å². The molecule has 2 rings (SSSR count). The molecule has 0 saturated carbocycles. The van der Waals surface area contributed by atoms with Crippen molar-refractivity contribution < 1.29 is 14.7 Å². The average Bonchev–Trinajstić information content (AvgIpc) is 2.81. The maximum absolute atomic E-state index is 11.7. The minimum Gasteiger partial charge on any atom is -0.396 e. The standard InChI is InChI=1S/C12H15N5O3/c1-7-3-4-8-9(14-7)16-17-10(8)15-12(20)11(19)13-5-2-6-18/h3-4,18H,2,5-6H2,1H3,(H,13,19)(H2,14,15,16,17,20). The number of aryl methyl sites for hydroxylation is 1. The largest absolute Gasteiger partial charge is 0.396 e. The monoisotopic (exact) mass is 277 g/mol. The molecular weight excluding hydrogens is 262 g/mol. The van der Waals surface area contributed by atoms with Crippen molar-refractivity contribution in [1.29, 1.82) is 0 Å². The molecule has 0 atom stereocenters. The molecule has 0 bridgehead atoms. The normalized spacial score (nSPS) is 10.5. The molecule has 0 radical (unpaired) electrons. The topological polar surface area (TPSA) is 120 Å². The Morgan fingerprint density at radius 2 is 2.15 bits per heavy atom. The summed E-state index contributed by atoms with van der Waals surface area (Å²) in [5.74, 6) is -1.32. The number of carbonyl (C=O) groups is 2. The van der Waals surface area contributed by atoms with E-state index in [2.05, 4.69) is 25.8 Å². The van der Waals surface area contributed by atoms with Crippen LogP contribution < -0.4 is 10.6 Å². The number of nitrogens with zero attached hydrogens (tertiary/aromatic N) is 2. The first-order valence-electron chi connectivity index (χ1n) is 6.13. The molecular formula is C12H15N5O3. The molecule has 2 aromatic heterocycles. The number of anilines is 1. The summed E-state index contributed by atoms with van der Waals surface area (Å²) in [6, 6.07) is 3.55. The van der Waals surface area contributed by atoms with Crippen LogP contribution in [0.15, 0.2) is 12.1 Å². The zero-order chi connectivity index (χ0) is 14.5. The van der Waals surface area contributed by atoms with Crippen molar-refractivity contribution in [2.24, 2.45) is 0 Å². The number of aromatic nitrogens is 3. The van der Waals surface area contributed by atoms with Gasteiger partial charge in [0.05, 0.1) is 5.39 Å². The molecule has 106 valence electrons. The van der Waals surface area contributed by atoms with Gasteiger partial charge in [0.1, 0.15) is 0 Å². The number of hydrogen-bond donors (Lipinski definition) is 4. The predicted molar refractivity (Wildman–Crippen MR) is 72.0 cm³/mol. The first-order chi connectivity index (χ1) is 9.61. The highest BCUT2D eigenvalue weighted by Gasteiger charge is 2.16. The third-order valence-corrected chi connectivity index (χ3v) is 2.62. The Morgan fingerprint density at radius 1 is 1.35 bits per heavy atom. The third-order valence-electron chi connectivity index (χ3n) is 2.62. The lowest BCUT2D eigenvalue weighted by Crippen LogP contribution is -2.36. The van der Waals surface area contributed by atoms with Crippen molar-refractivity contribution in [1.82, 2.24) is 20.5 Å². The van der Waals surface area contributed by atoms with Gasteiger partial charge < -0.3 is 15.7 Å². The maximum atomic E-state index is 11.7. The fourth-order valence-electron chi connectivity index (χ4n) is 1.62. The highest BCUT2D eigenvalue weighted by Crippen LogP contribution is 2.18. The van der Waals surface area contributed by atoms with E-state index in [1.54, 1.807) is 12.1 Å². The van der Waals surface area contributed by atoms with Crippen molar-refractivity contribution in [3.8, 4) is 0 Å². The lowest BCUT2D eigenvalue weighted by atomic mass is 10.3. The predicted octanol–water partition coefficient (Wildman–Crippen LogP) is -0.297. The van der Waals surface area contributed by atoms with Crippen molar-refractivity contribution in [2.45, 2.75) is 13.3 Å². The van der Waals surface area contributed by atoms with Crippen molar-refractivity contribution in [3.63, 3.8) is 0 Å². The van der Waals surface area contributed by atoms with Gasteiger partial charge >= 0.3 is 11.8 Å². The smallest absolute Gasteiger partial charge is 0.314 e. The Hall–Kier alpha value is -2.48. The van der Waals surface area contributed by atoms with E-state index < -0.39 is 11.8 Å². The molecule has 8 nitrogen and oxygen atoms in total. The van der Waals surface area contributed by atoms with Crippen LogP contribution in [0.25, 0.3) is 11.0 Å². The molecule has 0 spiro atoms. The van der Waals surface area contributed by atoms with Crippen LogP contribution >= 0.6 is 0 Å². The molecule has 4 N–H and O–H groups in total. The Kier molecular flexibility index (Phi) is 4.26. The summed E-state index contributed by atoms with van der Waals surface area (Å²) < 4.78 is 0. The zero-order valence-corrected chi connectivity index (χ0v) is 10.9. The summed E-state index contributed by atoms with van der Waals surface area (Å²) in [6.07, 6.45) is 0.396. The molecule has 0 saturated heterocycles. The van der Waals surface area contributed by atoms with Gasteiger partial charge in [0.15, 0.2) is 11.5 Å². The second kappa shape index (κ2) is 6.11. The number of aromatic amines is 1. The van der Waals surface area contributed by atoms with Crippen LogP contribution in [0.1, 0.15) is 12.1 Å². The SMILES string of the molecule is Cc1ccc2c(NC(=O)C(=O)NCCCO)n[nH]c2n1.